The second-order valence-electron chi connectivity index (χ2n) is 6.58. The number of nitrogens with two attached hydrogens (primary N) is 1. The number of methoxy groups -OCH3 is 1. The molecule has 2 aliphatic heterocycles. The number of anilines is 1. The van der Waals surface area contributed by atoms with Crippen LogP contribution in [0.5, 0.6) is 5.75 Å². The van der Waals surface area contributed by atoms with Crippen LogP contribution in [0.25, 0.3) is 0 Å². The summed E-state index contributed by atoms with van der Waals surface area (Å²) in [6, 6.07) is 4.53. The van der Waals surface area contributed by atoms with E-state index in [1.165, 1.54) is 24.4 Å². The van der Waals surface area contributed by atoms with Crippen LogP contribution in [-0.2, 0) is 11.3 Å². The van der Waals surface area contributed by atoms with Gasteiger partial charge < -0.3 is 20.7 Å². The van der Waals surface area contributed by atoms with Gasteiger partial charge in [-0.25, -0.2) is 14.8 Å². The van der Waals surface area contributed by atoms with E-state index in [0.29, 0.717) is 16.9 Å². The van der Waals surface area contributed by atoms with E-state index in [2.05, 4.69) is 32.4 Å². The molecule has 1 fully saturated rings. The zero-order chi connectivity index (χ0) is 20.6. The first-order valence-corrected chi connectivity index (χ1v) is 8.61. The van der Waals surface area contributed by atoms with Crippen molar-refractivity contribution in [1.82, 2.24) is 25.5 Å². The first kappa shape index (κ1) is 18.2. The van der Waals surface area contributed by atoms with Gasteiger partial charge in [-0.2, -0.15) is 0 Å². The summed E-state index contributed by atoms with van der Waals surface area (Å²) in [6.07, 6.45) is 2.81. The quantitative estimate of drug-likeness (QED) is 0.479. The molecule has 10 nitrogen and oxygen atoms in total. The average Bonchev–Trinajstić information content (AvgIpc) is 3.16. The fourth-order valence-corrected chi connectivity index (χ4v) is 3.19. The molecule has 0 spiro atoms. The molecular formula is C19H16N6O4. The smallest absolute Gasteiger partial charge is 0.323 e. The summed E-state index contributed by atoms with van der Waals surface area (Å²) in [7, 11) is 1.52. The van der Waals surface area contributed by atoms with Crippen LogP contribution < -0.4 is 21.1 Å². The van der Waals surface area contributed by atoms with Crippen molar-refractivity contribution in [2.24, 2.45) is 0 Å². The van der Waals surface area contributed by atoms with Crippen molar-refractivity contribution in [1.29, 1.82) is 0 Å². The van der Waals surface area contributed by atoms with Gasteiger partial charge in [-0.15, -0.1) is 0 Å². The molecule has 1 aromatic carbocycles. The van der Waals surface area contributed by atoms with Crippen LogP contribution >= 0.6 is 0 Å². The van der Waals surface area contributed by atoms with Crippen molar-refractivity contribution in [3.63, 3.8) is 0 Å². The SMILES string of the molecule is COc1ccc2c(c1)C(=O)N(C[C@@]1(C#Cc3cnc(N)nc3)NC(=O)NC1=O)C2. The number of fused-ring (bicyclic) bond motifs is 1. The molecule has 0 bridgehead atoms. The second-order valence-corrected chi connectivity index (χ2v) is 6.58. The number of amides is 4. The fourth-order valence-electron chi connectivity index (χ4n) is 3.19. The van der Waals surface area contributed by atoms with Crippen molar-refractivity contribution >= 4 is 23.8 Å². The van der Waals surface area contributed by atoms with E-state index >= 15 is 0 Å². The maximum absolute atomic E-state index is 12.8. The van der Waals surface area contributed by atoms with Crippen LogP contribution in [0.4, 0.5) is 10.7 Å². The van der Waals surface area contributed by atoms with Crippen molar-refractivity contribution in [3.8, 4) is 17.6 Å². The minimum Gasteiger partial charge on any atom is -0.497 e. The number of imide groups is 1. The standard InChI is InChI=1S/C19H16N6O4/c1-29-13-3-2-12-9-25(15(26)14(12)6-13)10-19(16(27)23-18(28)24-19)5-4-11-7-21-17(20)22-8-11/h2-3,6-8H,9-10H2,1H3,(H2,20,21,22)(H2,23,24,27,28)/t19-/m1/s1. The van der Waals surface area contributed by atoms with Crippen LogP contribution in [0.1, 0.15) is 21.5 Å². The van der Waals surface area contributed by atoms with E-state index in [1.807, 2.05) is 0 Å². The van der Waals surface area contributed by atoms with Crippen molar-refractivity contribution in [2.75, 3.05) is 19.4 Å². The van der Waals surface area contributed by atoms with Gasteiger partial charge in [-0.3, -0.25) is 14.9 Å². The largest absolute Gasteiger partial charge is 0.497 e. The summed E-state index contributed by atoms with van der Waals surface area (Å²) < 4.78 is 5.17. The molecule has 2 aliphatic rings. The number of nitrogens with zero attached hydrogens (tertiary/aromatic N) is 3. The molecule has 1 saturated heterocycles. The highest BCUT2D eigenvalue weighted by Gasteiger charge is 2.48. The van der Waals surface area contributed by atoms with Crippen LogP contribution in [0.2, 0.25) is 0 Å². The predicted molar refractivity (Wildman–Crippen MR) is 100 cm³/mol. The summed E-state index contributed by atoms with van der Waals surface area (Å²) in [5, 5.41) is 4.72. The lowest BCUT2D eigenvalue weighted by molar-refractivity contribution is -0.122. The molecule has 0 unspecified atom stereocenters. The topological polar surface area (TPSA) is 140 Å². The van der Waals surface area contributed by atoms with Crippen molar-refractivity contribution < 1.29 is 19.1 Å². The van der Waals surface area contributed by atoms with Gasteiger partial charge in [0.1, 0.15) is 5.75 Å². The second kappa shape index (κ2) is 6.79. The number of urea groups is 1. The Labute approximate surface area is 165 Å². The van der Waals surface area contributed by atoms with E-state index in [-0.39, 0.29) is 24.9 Å². The molecule has 1 aromatic heterocycles. The van der Waals surface area contributed by atoms with Crippen LogP contribution in [0.15, 0.2) is 30.6 Å². The predicted octanol–water partition coefficient (Wildman–Crippen LogP) is -0.347. The first-order valence-electron chi connectivity index (χ1n) is 8.61. The van der Waals surface area contributed by atoms with E-state index in [4.69, 9.17) is 10.5 Å². The van der Waals surface area contributed by atoms with E-state index < -0.39 is 17.5 Å². The summed E-state index contributed by atoms with van der Waals surface area (Å²) in [5.74, 6) is 5.29. The van der Waals surface area contributed by atoms with E-state index in [9.17, 15) is 14.4 Å². The number of hydrogen-bond donors (Lipinski definition) is 3. The summed E-state index contributed by atoms with van der Waals surface area (Å²) >= 11 is 0. The van der Waals surface area contributed by atoms with Gasteiger partial charge in [0, 0.05) is 24.5 Å². The Bertz CT molecular complexity index is 1090. The number of nitrogen functional groups attached to an aromatic ring is 1. The van der Waals surface area contributed by atoms with Crippen LogP contribution in [0.3, 0.4) is 0 Å². The Morgan fingerprint density at radius 2 is 2.03 bits per heavy atom. The third-order valence-corrected chi connectivity index (χ3v) is 4.66. The number of benzene rings is 1. The third-order valence-electron chi connectivity index (χ3n) is 4.66. The molecule has 0 saturated carbocycles. The van der Waals surface area contributed by atoms with Gasteiger partial charge in [0.05, 0.1) is 19.2 Å². The summed E-state index contributed by atoms with van der Waals surface area (Å²) in [4.78, 5) is 46.3. The van der Waals surface area contributed by atoms with Gasteiger partial charge in [0.25, 0.3) is 11.8 Å². The lowest BCUT2D eigenvalue weighted by atomic mass is 9.99. The molecular weight excluding hydrogens is 376 g/mol. The fraction of sp³-hybridized carbons (Fsp3) is 0.211. The number of rotatable bonds is 3. The van der Waals surface area contributed by atoms with Crippen molar-refractivity contribution in [2.45, 2.75) is 12.1 Å². The Balaban J connectivity index is 1.64. The lowest BCUT2D eigenvalue weighted by Gasteiger charge is -2.26. The Hall–Kier alpha value is -4.13. The molecule has 0 radical (unpaired) electrons. The molecule has 4 N–H and O–H groups in total. The maximum atomic E-state index is 12.8. The Morgan fingerprint density at radius 3 is 2.69 bits per heavy atom. The van der Waals surface area contributed by atoms with E-state index in [0.717, 1.165) is 5.56 Å². The van der Waals surface area contributed by atoms with Gasteiger partial charge in [-0.1, -0.05) is 17.9 Å². The summed E-state index contributed by atoms with van der Waals surface area (Å²) in [6.45, 7) is 0.166. The monoisotopic (exact) mass is 392 g/mol. The minimum absolute atomic E-state index is 0.0908. The van der Waals surface area contributed by atoms with E-state index in [1.54, 1.807) is 18.2 Å². The molecule has 29 heavy (non-hydrogen) atoms. The minimum atomic E-state index is -1.60. The molecule has 10 heteroatoms. The van der Waals surface area contributed by atoms with Gasteiger partial charge >= 0.3 is 6.03 Å². The maximum Gasteiger partial charge on any atom is 0.323 e. The summed E-state index contributed by atoms with van der Waals surface area (Å²) in [5.41, 5.74) is 5.56. The number of ether oxygens (including phenoxy) is 1. The van der Waals surface area contributed by atoms with Crippen molar-refractivity contribution in [3.05, 3.63) is 47.3 Å². The molecule has 146 valence electrons. The van der Waals surface area contributed by atoms with Crippen LogP contribution in [0, 0.1) is 11.8 Å². The number of carbonyl (C=O) groups excluding carboxylic acids is 3. The number of nitrogens with one attached hydrogen (secondary N) is 2. The average molecular weight is 392 g/mol. The van der Waals surface area contributed by atoms with Gasteiger partial charge in [-0.05, 0) is 17.7 Å². The molecule has 2 aromatic rings. The Morgan fingerprint density at radius 1 is 1.28 bits per heavy atom. The number of aromatic nitrogens is 2. The zero-order valence-electron chi connectivity index (χ0n) is 15.4. The molecule has 4 amide bonds. The van der Waals surface area contributed by atoms with Gasteiger partial charge in [0.15, 0.2) is 0 Å². The number of hydrogen-bond acceptors (Lipinski definition) is 7. The lowest BCUT2D eigenvalue weighted by Crippen LogP contribution is -2.54. The van der Waals surface area contributed by atoms with Gasteiger partial charge in [0.2, 0.25) is 11.5 Å². The molecule has 4 rings (SSSR count). The number of carbonyl (C=O) groups is 3. The highest BCUT2D eigenvalue weighted by Crippen LogP contribution is 2.28. The Kier molecular flexibility index (Phi) is 4.27. The zero-order valence-corrected chi connectivity index (χ0v) is 15.4. The normalized spacial score (nSPS) is 19.9. The third kappa shape index (κ3) is 3.29. The van der Waals surface area contributed by atoms with Crippen LogP contribution in [-0.4, -0.2) is 51.9 Å². The highest BCUT2D eigenvalue weighted by atomic mass is 16.5. The molecule has 1 atom stereocenters. The molecule has 0 aliphatic carbocycles. The highest BCUT2D eigenvalue weighted by molar-refractivity contribution is 6.10. The molecule has 3 heterocycles. The first-order chi connectivity index (χ1) is 13.9.